The largest absolute Gasteiger partial charge is 0.497 e. The van der Waals surface area contributed by atoms with Gasteiger partial charge >= 0.3 is 0 Å². The third-order valence-electron chi connectivity index (χ3n) is 4.55. The van der Waals surface area contributed by atoms with E-state index in [4.69, 9.17) is 18.9 Å². The Bertz CT molecular complexity index is 870. The van der Waals surface area contributed by atoms with E-state index >= 15 is 0 Å². The first-order chi connectivity index (χ1) is 14.2. The van der Waals surface area contributed by atoms with Crippen LogP contribution in [0.5, 0.6) is 23.0 Å². The SMILES string of the molecule is COc1ccc(NCCCOc2ccc(-c3cc(OC)cc(OC)c3)cc2)cc1. The molecule has 3 rings (SSSR count). The minimum atomic E-state index is 0.648. The van der Waals surface area contributed by atoms with Gasteiger partial charge in [0.25, 0.3) is 0 Å². The van der Waals surface area contributed by atoms with Gasteiger partial charge in [-0.3, -0.25) is 0 Å². The van der Waals surface area contributed by atoms with E-state index in [9.17, 15) is 0 Å². The summed E-state index contributed by atoms with van der Waals surface area (Å²) in [5.74, 6) is 3.25. The molecule has 0 aromatic heterocycles. The van der Waals surface area contributed by atoms with Gasteiger partial charge in [0.1, 0.15) is 23.0 Å². The fourth-order valence-corrected chi connectivity index (χ4v) is 2.92. The highest BCUT2D eigenvalue weighted by atomic mass is 16.5. The molecule has 0 bridgehead atoms. The molecule has 29 heavy (non-hydrogen) atoms. The van der Waals surface area contributed by atoms with Crippen LogP contribution in [0.15, 0.2) is 66.7 Å². The maximum Gasteiger partial charge on any atom is 0.123 e. The van der Waals surface area contributed by atoms with Crippen LogP contribution < -0.4 is 24.3 Å². The van der Waals surface area contributed by atoms with Crippen LogP contribution in [0.25, 0.3) is 11.1 Å². The molecule has 0 atom stereocenters. The van der Waals surface area contributed by atoms with Crippen molar-refractivity contribution < 1.29 is 18.9 Å². The Kier molecular flexibility index (Phi) is 7.22. The third kappa shape index (κ3) is 5.82. The average molecular weight is 393 g/mol. The van der Waals surface area contributed by atoms with Gasteiger partial charge in [0.05, 0.1) is 27.9 Å². The van der Waals surface area contributed by atoms with E-state index in [0.717, 1.165) is 52.8 Å². The predicted molar refractivity (Wildman–Crippen MR) is 117 cm³/mol. The fourth-order valence-electron chi connectivity index (χ4n) is 2.92. The summed E-state index contributed by atoms with van der Waals surface area (Å²) in [5, 5.41) is 3.38. The van der Waals surface area contributed by atoms with Crippen LogP contribution in [0.2, 0.25) is 0 Å². The third-order valence-corrected chi connectivity index (χ3v) is 4.55. The zero-order valence-corrected chi connectivity index (χ0v) is 17.1. The van der Waals surface area contributed by atoms with Crippen molar-refractivity contribution in [2.45, 2.75) is 6.42 Å². The Labute approximate surface area is 172 Å². The molecule has 0 aliphatic rings. The van der Waals surface area contributed by atoms with Crippen LogP contribution in [-0.4, -0.2) is 34.5 Å². The van der Waals surface area contributed by atoms with Crippen LogP contribution in [0, 0.1) is 0 Å². The smallest absolute Gasteiger partial charge is 0.123 e. The topological polar surface area (TPSA) is 49.0 Å². The van der Waals surface area contributed by atoms with E-state index in [1.807, 2.05) is 66.7 Å². The zero-order valence-electron chi connectivity index (χ0n) is 17.1. The number of anilines is 1. The quantitative estimate of drug-likeness (QED) is 0.476. The van der Waals surface area contributed by atoms with Gasteiger partial charge < -0.3 is 24.3 Å². The predicted octanol–water partition coefficient (Wildman–Crippen LogP) is 5.26. The van der Waals surface area contributed by atoms with Crippen molar-refractivity contribution in [3.63, 3.8) is 0 Å². The number of ether oxygens (including phenoxy) is 4. The number of hydrogen-bond donors (Lipinski definition) is 1. The second-order valence-electron chi connectivity index (χ2n) is 6.48. The lowest BCUT2D eigenvalue weighted by Crippen LogP contribution is -2.07. The van der Waals surface area contributed by atoms with Gasteiger partial charge in [0.15, 0.2) is 0 Å². The molecule has 152 valence electrons. The standard InChI is InChI=1S/C24H27NO4/c1-26-21-11-7-20(8-12-21)25-13-4-14-29-22-9-5-18(6-10-22)19-15-23(27-2)17-24(16-19)28-3/h5-12,15-17,25H,4,13-14H2,1-3H3. The molecule has 3 aromatic carbocycles. The maximum atomic E-state index is 5.85. The van der Waals surface area contributed by atoms with Crippen LogP contribution >= 0.6 is 0 Å². The summed E-state index contributed by atoms with van der Waals surface area (Å²) < 4.78 is 21.7. The fraction of sp³-hybridized carbons (Fsp3) is 0.250. The molecule has 0 aliphatic carbocycles. The summed E-state index contributed by atoms with van der Waals surface area (Å²) in [6.07, 6.45) is 0.904. The van der Waals surface area contributed by atoms with Gasteiger partial charge in [-0.2, -0.15) is 0 Å². The van der Waals surface area contributed by atoms with E-state index in [-0.39, 0.29) is 0 Å². The summed E-state index contributed by atoms with van der Waals surface area (Å²) in [6.45, 7) is 1.49. The Morgan fingerprint density at radius 1 is 0.621 bits per heavy atom. The van der Waals surface area contributed by atoms with Crippen LogP contribution in [0.4, 0.5) is 5.69 Å². The first-order valence-electron chi connectivity index (χ1n) is 9.56. The van der Waals surface area contributed by atoms with Crippen LogP contribution in [0.3, 0.4) is 0 Å². The van der Waals surface area contributed by atoms with Crippen LogP contribution in [0.1, 0.15) is 6.42 Å². The van der Waals surface area contributed by atoms with E-state index < -0.39 is 0 Å². The number of hydrogen-bond acceptors (Lipinski definition) is 5. The van der Waals surface area contributed by atoms with Gasteiger partial charge in [-0.15, -0.1) is 0 Å². The molecule has 0 amide bonds. The first-order valence-corrected chi connectivity index (χ1v) is 9.56. The molecule has 3 aromatic rings. The molecule has 1 N–H and O–H groups in total. The Morgan fingerprint density at radius 2 is 1.21 bits per heavy atom. The van der Waals surface area contributed by atoms with Gasteiger partial charge in [-0.25, -0.2) is 0 Å². The summed E-state index contributed by atoms with van der Waals surface area (Å²) in [6, 6.07) is 21.8. The van der Waals surface area contributed by atoms with Gasteiger partial charge in [-0.05, 0) is 66.1 Å². The summed E-state index contributed by atoms with van der Waals surface area (Å²) in [7, 11) is 4.97. The average Bonchev–Trinajstić information content (AvgIpc) is 2.79. The summed E-state index contributed by atoms with van der Waals surface area (Å²) >= 11 is 0. The highest BCUT2D eigenvalue weighted by Crippen LogP contribution is 2.30. The Morgan fingerprint density at radius 3 is 1.79 bits per heavy atom. The molecule has 0 unspecified atom stereocenters. The second-order valence-corrected chi connectivity index (χ2v) is 6.48. The van der Waals surface area contributed by atoms with Crippen molar-refractivity contribution in [3.05, 3.63) is 66.7 Å². The van der Waals surface area contributed by atoms with E-state index in [1.54, 1.807) is 21.3 Å². The lowest BCUT2D eigenvalue weighted by Gasteiger charge is -2.11. The van der Waals surface area contributed by atoms with Crippen molar-refractivity contribution in [2.75, 3.05) is 39.8 Å². The van der Waals surface area contributed by atoms with Crippen molar-refractivity contribution in [1.82, 2.24) is 0 Å². The number of benzene rings is 3. The van der Waals surface area contributed by atoms with Crippen molar-refractivity contribution in [3.8, 4) is 34.1 Å². The van der Waals surface area contributed by atoms with Crippen LogP contribution in [-0.2, 0) is 0 Å². The van der Waals surface area contributed by atoms with E-state index in [0.29, 0.717) is 6.61 Å². The monoisotopic (exact) mass is 393 g/mol. The van der Waals surface area contributed by atoms with Gasteiger partial charge in [-0.1, -0.05) is 12.1 Å². The first kappa shape index (κ1) is 20.4. The molecule has 0 saturated heterocycles. The van der Waals surface area contributed by atoms with E-state index in [1.165, 1.54) is 0 Å². The maximum absolute atomic E-state index is 5.85. The minimum absolute atomic E-state index is 0.648. The lowest BCUT2D eigenvalue weighted by molar-refractivity contribution is 0.315. The second kappa shape index (κ2) is 10.3. The van der Waals surface area contributed by atoms with Crippen molar-refractivity contribution in [1.29, 1.82) is 0 Å². The summed E-state index contributed by atoms with van der Waals surface area (Å²) in [4.78, 5) is 0. The molecular formula is C24H27NO4. The van der Waals surface area contributed by atoms with Crippen molar-refractivity contribution in [2.24, 2.45) is 0 Å². The zero-order chi connectivity index (χ0) is 20.5. The molecule has 0 saturated carbocycles. The Balaban J connectivity index is 1.48. The van der Waals surface area contributed by atoms with Gasteiger partial charge in [0.2, 0.25) is 0 Å². The number of nitrogens with one attached hydrogen (secondary N) is 1. The molecular weight excluding hydrogens is 366 g/mol. The molecule has 0 aliphatic heterocycles. The molecule has 0 fully saturated rings. The van der Waals surface area contributed by atoms with Gasteiger partial charge in [0, 0.05) is 18.3 Å². The summed E-state index contributed by atoms with van der Waals surface area (Å²) in [5.41, 5.74) is 3.19. The van der Waals surface area contributed by atoms with E-state index in [2.05, 4.69) is 5.32 Å². The molecule has 5 nitrogen and oxygen atoms in total. The Hall–Kier alpha value is -3.34. The highest BCUT2D eigenvalue weighted by molar-refractivity contribution is 5.68. The van der Waals surface area contributed by atoms with Crippen molar-refractivity contribution >= 4 is 5.69 Å². The number of rotatable bonds is 10. The molecule has 0 radical (unpaired) electrons. The molecule has 0 spiro atoms. The highest BCUT2D eigenvalue weighted by Gasteiger charge is 2.05. The molecule has 5 heteroatoms. The number of methoxy groups -OCH3 is 3. The lowest BCUT2D eigenvalue weighted by atomic mass is 10.0. The normalized spacial score (nSPS) is 10.3. The minimum Gasteiger partial charge on any atom is -0.497 e. The molecule has 0 heterocycles.